The molecule has 0 radical (unpaired) electrons. The van der Waals surface area contributed by atoms with Crippen molar-refractivity contribution in [3.05, 3.63) is 40.3 Å². The predicted octanol–water partition coefficient (Wildman–Crippen LogP) is 2.54. The molecule has 0 spiro atoms. The maximum atomic E-state index is 12.5. The summed E-state index contributed by atoms with van der Waals surface area (Å²) in [5.41, 5.74) is 1.10. The lowest BCUT2D eigenvalue weighted by molar-refractivity contribution is -0.145. The van der Waals surface area contributed by atoms with Crippen LogP contribution in [0, 0.1) is 0 Å². The second-order valence-electron chi connectivity index (χ2n) is 4.93. The Bertz CT molecular complexity index is 726. The van der Waals surface area contributed by atoms with Crippen molar-refractivity contribution in [2.45, 2.75) is 19.4 Å². The van der Waals surface area contributed by atoms with Crippen LogP contribution in [0.4, 0.5) is 0 Å². The third-order valence-electron chi connectivity index (χ3n) is 3.44. The molecule has 1 amide bonds. The van der Waals surface area contributed by atoms with Gasteiger partial charge in [-0.1, -0.05) is 43.0 Å². The molecule has 6 nitrogen and oxygen atoms in total. The van der Waals surface area contributed by atoms with Gasteiger partial charge in [-0.2, -0.15) is 0 Å². The van der Waals surface area contributed by atoms with Gasteiger partial charge in [0.1, 0.15) is 10.4 Å². The third kappa shape index (κ3) is 3.65. The zero-order valence-corrected chi connectivity index (χ0v) is 14.6. The van der Waals surface area contributed by atoms with Crippen LogP contribution in [-0.2, 0) is 14.3 Å². The van der Waals surface area contributed by atoms with Crippen LogP contribution in [0.1, 0.15) is 29.3 Å². The van der Waals surface area contributed by atoms with Crippen LogP contribution in [0.2, 0.25) is 0 Å². The number of methoxy groups -OCH3 is 1. The normalized spacial score (nSPS) is 17.2. The van der Waals surface area contributed by atoms with E-state index in [0.717, 1.165) is 16.7 Å². The summed E-state index contributed by atoms with van der Waals surface area (Å²) in [6.07, 6.45) is 1.89. The molecule has 24 heavy (non-hydrogen) atoms. The number of benzene rings is 1. The summed E-state index contributed by atoms with van der Waals surface area (Å²) >= 11 is 6.21. The number of thiocarbonyl (C=S) groups is 1. The number of ether oxygens (including phenoxy) is 1. The second-order valence-corrected chi connectivity index (χ2v) is 6.60. The Morgan fingerprint density at radius 1 is 1.38 bits per heavy atom. The Balaban J connectivity index is 2.25. The molecule has 0 bridgehead atoms. The van der Waals surface area contributed by atoms with Crippen LogP contribution in [0.5, 0.6) is 0 Å². The van der Waals surface area contributed by atoms with Crippen LogP contribution < -0.4 is 0 Å². The van der Waals surface area contributed by atoms with E-state index in [4.69, 9.17) is 12.2 Å². The van der Waals surface area contributed by atoms with Gasteiger partial charge in [-0.25, -0.2) is 9.59 Å². The van der Waals surface area contributed by atoms with E-state index < -0.39 is 23.9 Å². The van der Waals surface area contributed by atoms with Crippen molar-refractivity contribution in [1.29, 1.82) is 0 Å². The molecule has 126 valence electrons. The van der Waals surface area contributed by atoms with E-state index in [9.17, 15) is 19.5 Å². The highest BCUT2D eigenvalue weighted by atomic mass is 32.2. The fraction of sp³-hybridized carbons (Fsp3) is 0.250. The predicted molar refractivity (Wildman–Crippen MR) is 94.5 cm³/mol. The first-order valence-electron chi connectivity index (χ1n) is 7.07. The largest absolute Gasteiger partial charge is 0.480 e. The minimum atomic E-state index is -1.09. The maximum Gasteiger partial charge on any atom is 0.337 e. The van der Waals surface area contributed by atoms with Gasteiger partial charge in [-0.05, 0) is 30.2 Å². The van der Waals surface area contributed by atoms with Crippen molar-refractivity contribution in [2.75, 3.05) is 7.11 Å². The van der Waals surface area contributed by atoms with Crippen LogP contribution in [0.25, 0.3) is 6.08 Å². The van der Waals surface area contributed by atoms with Gasteiger partial charge in [0.05, 0.1) is 17.6 Å². The Morgan fingerprint density at radius 3 is 2.50 bits per heavy atom. The SMILES string of the molecule is CCC(C(=O)O)N1C(=O)/C(=C\c2ccc(C(=O)OC)cc2)SC1=S. The van der Waals surface area contributed by atoms with Crippen LogP contribution in [0.3, 0.4) is 0 Å². The summed E-state index contributed by atoms with van der Waals surface area (Å²) in [4.78, 5) is 36.6. The number of carbonyl (C=O) groups is 3. The van der Waals surface area contributed by atoms with Crippen molar-refractivity contribution in [3.8, 4) is 0 Å². The van der Waals surface area contributed by atoms with Crippen molar-refractivity contribution >= 4 is 52.2 Å². The molecule has 8 heteroatoms. The standard InChI is InChI=1S/C16H15NO5S2/c1-3-11(14(19)20)17-13(18)12(24-16(17)23)8-9-4-6-10(7-5-9)15(21)22-2/h4-8,11H,3H2,1-2H3,(H,19,20)/b12-8+. The Morgan fingerprint density at radius 2 is 2.00 bits per heavy atom. The molecule has 1 N–H and O–H groups in total. The summed E-state index contributed by atoms with van der Waals surface area (Å²) in [6, 6.07) is 5.56. The lowest BCUT2D eigenvalue weighted by Gasteiger charge is -2.21. The number of amides is 1. The monoisotopic (exact) mass is 365 g/mol. The zero-order chi connectivity index (χ0) is 17.9. The highest BCUT2D eigenvalue weighted by Crippen LogP contribution is 2.34. The van der Waals surface area contributed by atoms with E-state index >= 15 is 0 Å². The topological polar surface area (TPSA) is 83.9 Å². The smallest absolute Gasteiger partial charge is 0.337 e. The molecule has 1 saturated heterocycles. The number of carboxylic acid groups (broad SMARTS) is 1. The molecule has 0 saturated carbocycles. The molecule has 1 fully saturated rings. The summed E-state index contributed by atoms with van der Waals surface area (Å²) in [5, 5.41) is 9.23. The number of nitrogens with zero attached hydrogens (tertiary/aromatic N) is 1. The molecule has 1 atom stereocenters. The third-order valence-corrected chi connectivity index (χ3v) is 4.77. The first-order chi connectivity index (χ1) is 11.4. The van der Waals surface area contributed by atoms with Crippen molar-refractivity contribution in [3.63, 3.8) is 0 Å². The van der Waals surface area contributed by atoms with Crippen LogP contribution in [0.15, 0.2) is 29.2 Å². The summed E-state index contributed by atoms with van der Waals surface area (Å²) in [7, 11) is 1.30. The average Bonchev–Trinajstić information content (AvgIpc) is 2.83. The average molecular weight is 365 g/mol. The number of thioether (sulfide) groups is 1. The molecular weight excluding hydrogens is 350 g/mol. The fourth-order valence-corrected chi connectivity index (χ4v) is 3.56. The number of rotatable bonds is 5. The minimum absolute atomic E-state index is 0.228. The van der Waals surface area contributed by atoms with E-state index in [2.05, 4.69) is 4.74 Å². The minimum Gasteiger partial charge on any atom is -0.480 e. The molecule has 2 rings (SSSR count). The number of esters is 1. The van der Waals surface area contributed by atoms with Gasteiger partial charge in [-0.3, -0.25) is 9.69 Å². The van der Waals surface area contributed by atoms with Gasteiger partial charge < -0.3 is 9.84 Å². The van der Waals surface area contributed by atoms with Gasteiger partial charge in [0, 0.05) is 0 Å². The summed E-state index contributed by atoms with van der Waals surface area (Å²) in [6.45, 7) is 1.69. The van der Waals surface area contributed by atoms with Crippen molar-refractivity contribution in [1.82, 2.24) is 4.90 Å². The van der Waals surface area contributed by atoms with Crippen LogP contribution >= 0.6 is 24.0 Å². The number of hydrogen-bond donors (Lipinski definition) is 1. The van der Waals surface area contributed by atoms with Gasteiger partial charge in [0.2, 0.25) is 0 Å². The number of hydrogen-bond acceptors (Lipinski definition) is 6. The lowest BCUT2D eigenvalue weighted by atomic mass is 10.1. The molecule has 1 aromatic rings. The highest BCUT2D eigenvalue weighted by Gasteiger charge is 2.39. The summed E-state index contributed by atoms with van der Waals surface area (Å²) < 4.78 is 4.85. The molecule has 1 aliphatic rings. The fourth-order valence-electron chi connectivity index (χ4n) is 2.20. The van der Waals surface area contributed by atoms with Gasteiger partial charge in [-0.15, -0.1) is 0 Å². The number of carbonyl (C=O) groups excluding carboxylic acids is 2. The molecule has 0 aromatic heterocycles. The molecule has 1 aromatic carbocycles. The zero-order valence-electron chi connectivity index (χ0n) is 13.0. The van der Waals surface area contributed by atoms with Gasteiger partial charge in [0.25, 0.3) is 5.91 Å². The van der Waals surface area contributed by atoms with Crippen LogP contribution in [-0.4, -0.2) is 45.3 Å². The van der Waals surface area contributed by atoms with E-state index in [1.807, 2.05) is 0 Å². The lowest BCUT2D eigenvalue weighted by Crippen LogP contribution is -2.43. The van der Waals surface area contributed by atoms with E-state index in [-0.39, 0.29) is 10.7 Å². The first kappa shape index (κ1) is 18.2. The Hall–Kier alpha value is -2.19. The van der Waals surface area contributed by atoms with Crippen molar-refractivity contribution < 1.29 is 24.2 Å². The quantitative estimate of drug-likeness (QED) is 0.488. The van der Waals surface area contributed by atoms with Gasteiger partial charge >= 0.3 is 11.9 Å². The Kier molecular flexibility index (Phi) is 5.74. The van der Waals surface area contributed by atoms with E-state index in [1.165, 1.54) is 7.11 Å². The second kappa shape index (κ2) is 7.59. The Labute approximate surface area is 148 Å². The molecule has 1 aliphatic heterocycles. The van der Waals surface area contributed by atoms with Crippen molar-refractivity contribution in [2.24, 2.45) is 0 Å². The first-order valence-corrected chi connectivity index (χ1v) is 8.29. The molecule has 0 aliphatic carbocycles. The highest BCUT2D eigenvalue weighted by molar-refractivity contribution is 8.26. The molecule has 1 unspecified atom stereocenters. The van der Waals surface area contributed by atoms with Gasteiger partial charge in [0.15, 0.2) is 0 Å². The number of carboxylic acids is 1. The maximum absolute atomic E-state index is 12.5. The van der Waals surface area contributed by atoms with E-state index in [0.29, 0.717) is 16.0 Å². The number of aliphatic carboxylic acids is 1. The molecular formula is C16H15NO5S2. The summed E-state index contributed by atoms with van der Waals surface area (Å²) in [5.74, 6) is -1.95. The molecule has 1 heterocycles. The van der Waals surface area contributed by atoms with E-state index in [1.54, 1.807) is 37.3 Å².